The van der Waals surface area contributed by atoms with Gasteiger partial charge < -0.3 is 15.2 Å². The minimum Gasteiger partial charge on any atom is -0.461 e. The van der Waals surface area contributed by atoms with Crippen LogP contribution in [0.5, 0.6) is 0 Å². The lowest BCUT2D eigenvalue weighted by atomic mass is 10.1. The summed E-state index contributed by atoms with van der Waals surface area (Å²) < 4.78 is 5.27. The van der Waals surface area contributed by atoms with Gasteiger partial charge in [0.25, 0.3) is 0 Å². The molecule has 0 amide bonds. The first-order chi connectivity index (χ1) is 9.66. The van der Waals surface area contributed by atoms with Gasteiger partial charge in [-0.2, -0.15) is 0 Å². The second-order valence-electron chi connectivity index (χ2n) is 5.56. The fourth-order valence-electron chi connectivity index (χ4n) is 2.05. The van der Waals surface area contributed by atoms with Crippen molar-refractivity contribution in [2.24, 2.45) is 11.8 Å². The average Bonchev–Trinajstić information content (AvgIpc) is 3.30. The minimum atomic E-state index is -0.275. The van der Waals surface area contributed by atoms with Gasteiger partial charge in [0.15, 0.2) is 0 Å². The van der Waals surface area contributed by atoms with Gasteiger partial charge in [0.1, 0.15) is 6.61 Å². The van der Waals surface area contributed by atoms with E-state index < -0.39 is 0 Å². The average molecular weight is 277 g/mol. The highest BCUT2D eigenvalue weighted by atomic mass is 16.5. The number of rotatable bonds is 8. The van der Waals surface area contributed by atoms with E-state index in [4.69, 9.17) is 4.74 Å². The van der Waals surface area contributed by atoms with Crippen LogP contribution in [0.4, 0.5) is 0 Å². The van der Waals surface area contributed by atoms with Crippen molar-refractivity contribution in [2.75, 3.05) is 13.1 Å². The topological polar surface area (TPSA) is 58.6 Å². The highest BCUT2D eigenvalue weighted by Gasteiger charge is 2.29. The fourth-order valence-corrected chi connectivity index (χ4v) is 2.05. The van der Waals surface area contributed by atoms with E-state index in [1.807, 2.05) is 37.3 Å². The molecule has 1 aromatic rings. The van der Waals surface area contributed by atoms with Crippen LogP contribution in [0, 0.1) is 11.8 Å². The quantitative estimate of drug-likeness (QED) is 0.710. The van der Waals surface area contributed by atoms with Crippen LogP contribution in [0.1, 0.15) is 25.3 Å². The van der Waals surface area contributed by atoms with E-state index in [0.717, 1.165) is 18.4 Å². The van der Waals surface area contributed by atoms with Gasteiger partial charge in [-0.15, -0.1) is 0 Å². The van der Waals surface area contributed by atoms with E-state index >= 15 is 0 Å². The smallest absolute Gasteiger partial charge is 0.310 e. The van der Waals surface area contributed by atoms with Crippen LogP contribution in [0.25, 0.3) is 0 Å². The molecule has 0 radical (unpaired) electrons. The number of ether oxygens (including phenoxy) is 1. The van der Waals surface area contributed by atoms with Crippen LogP contribution in [0.15, 0.2) is 30.3 Å². The molecule has 4 heteroatoms. The molecule has 2 rings (SSSR count). The third-order valence-corrected chi connectivity index (χ3v) is 3.60. The second kappa shape index (κ2) is 7.41. The largest absolute Gasteiger partial charge is 0.461 e. The SMILES string of the molecule is CC(CNCC(O)C1CC1)C(=O)OCc1ccccc1. The molecule has 2 unspecified atom stereocenters. The number of hydrogen-bond acceptors (Lipinski definition) is 4. The number of nitrogens with one attached hydrogen (secondary N) is 1. The summed E-state index contributed by atoms with van der Waals surface area (Å²) in [6.45, 7) is 3.25. The highest BCUT2D eigenvalue weighted by molar-refractivity contribution is 5.72. The molecule has 1 aliphatic rings. The Balaban J connectivity index is 1.61. The van der Waals surface area contributed by atoms with Gasteiger partial charge in [0.05, 0.1) is 12.0 Å². The monoisotopic (exact) mass is 277 g/mol. The Labute approximate surface area is 120 Å². The van der Waals surface area contributed by atoms with Gasteiger partial charge in [-0.3, -0.25) is 4.79 Å². The van der Waals surface area contributed by atoms with E-state index in [1.165, 1.54) is 0 Å². The molecule has 2 atom stereocenters. The third-order valence-electron chi connectivity index (χ3n) is 3.60. The zero-order valence-electron chi connectivity index (χ0n) is 11.9. The van der Waals surface area contributed by atoms with Crippen molar-refractivity contribution in [3.05, 3.63) is 35.9 Å². The molecule has 1 aromatic carbocycles. The lowest BCUT2D eigenvalue weighted by molar-refractivity contribution is -0.149. The molecule has 0 bridgehead atoms. The number of carbonyl (C=O) groups excluding carboxylic acids is 1. The van der Waals surface area contributed by atoms with Gasteiger partial charge in [-0.25, -0.2) is 0 Å². The van der Waals surface area contributed by atoms with Crippen molar-refractivity contribution in [3.63, 3.8) is 0 Å². The maximum absolute atomic E-state index is 11.8. The fraction of sp³-hybridized carbons (Fsp3) is 0.562. The van der Waals surface area contributed by atoms with Crippen LogP contribution in [0.2, 0.25) is 0 Å². The predicted octanol–water partition coefficient (Wildman–Crippen LogP) is 1.73. The summed E-state index contributed by atoms with van der Waals surface area (Å²) in [5.74, 6) is 0.0511. The number of aliphatic hydroxyl groups is 1. The Bertz CT molecular complexity index is 417. The van der Waals surface area contributed by atoms with E-state index in [0.29, 0.717) is 25.6 Å². The number of hydrogen-bond donors (Lipinski definition) is 2. The minimum absolute atomic E-state index is 0.204. The molecule has 0 aromatic heterocycles. The molecule has 110 valence electrons. The molecule has 1 saturated carbocycles. The Kier molecular flexibility index (Phi) is 5.56. The highest BCUT2D eigenvalue weighted by Crippen LogP contribution is 2.32. The molecular weight excluding hydrogens is 254 g/mol. The zero-order chi connectivity index (χ0) is 14.4. The van der Waals surface area contributed by atoms with Gasteiger partial charge in [0, 0.05) is 13.1 Å². The first-order valence-electron chi connectivity index (χ1n) is 7.26. The van der Waals surface area contributed by atoms with Crippen molar-refractivity contribution in [2.45, 2.75) is 32.5 Å². The summed E-state index contributed by atoms with van der Waals surface area (Å²) in [6.07, 6.45) is 1.97. The maximum Gasteiger partial charge on any atom is 0.310 e. The number of benzene rings is 1. The number of carbonyl (C=O) groups is 1. The van der Waals surface area contributed by atoms with Gasteiger partial charge in [-0.1, -0.05) is 37.3 Å². The molecule has 2 N–H and O–H groups in total. The summed E-state index contributed by atoms with van der Waals surface area (Å²) in [5.41, 5.74) is 0.991. The van der Waals surface area contributed by atoms with Crippen molar-refractivity contribution >= 4 is 5.97 Å². The molecular formula is C16H23NO3. The first kappa shape index (κ1) is 15.0. The predicted molar refractivity (Wildman–Crippen MR) is 77.0 cm³/mol. The van der Waals surface area contributed by atoms with E-state index in [2.05, 4.69) is 5.32 Å². The summed E-state index contributed by atoms with van der Waals surface area (Å²) in [6, 6.07) is 9.65. The van der Waals surface area contributed by atoms with Crippen LogP contribution < -0.4 is 5.32 Å². The molecule has 1 aliphatic carbocycles. The normalized spacial score (nSPS) is 17.5. The van der Waals surface area contributed by atoms with E-state index in [1.54, 1.807) is 0 Å². The van der Waals surface area contributed by atoms with Crippen molar-refractivity contribution in [1.82, 2.24) is 5.32 Å². The molecule has 0 aliphatic heterocycles. The lowest BCUT2D eigenvalue weighted by Gasteiger charge is -2.14. The van der Waals surface area contributed by atoms with Crippen molar-refractivity contribution in [3.8, 4) is 0 Å². The molecule has 1 fully saturated rings. The summed E-state index contributed by atoms with van der Waals surface area (Å²) >= 11 is 0. The van der Waals surface area contributed by atoms with Crippen LogP contribution >= 0.6 is 0 Å². The van der Waals surface area contributed by atoms with Crippen LogP contribution in [0.3, 0.4) is 0 Å². The van der Waals surface area contributed by atoms with Gasteiger partial charge >= 0.3 is 5.97 Å². The third kappa shape index (κ3) is 4.94. The summed E-state index contributed by atoms with van der Waals surface area (Å²) in [7, 11) is 0. The van der Waals surface area contributed by atoms with E-state index in [-0.39, 0.29) is 18.0 Å². The number of aliphatic hydroxyl groups excluding tert-OH is 1. The first-order valence-corrected chi connectivity index (χ1v) is 7.26. The Morgan fingerprint density at radius 1 is 1.35 bits per heavy atom. The van der Waals surface area contributed by atoms with Crippen LogP contribution in [-0.4, -0.2) is 30.3 Å². The molecule has 0 heterocycles. The summed E-state index contributed by atoms with van der Waals surface area (Å²) in [5, 5.41) is 12.8. The lowest BCUT2D eigenvalue weighted by Crippen LogP contribution is -2.34. The molecule has 0 spiro atoms. The van der Waals surface area contributed by atoms with Crippen molar-refractivity contribution in [1.29, 1.82) is 0 Å². The van der Waals surface area contributed by atoms with Gasteiger partial charge in [0.2, 0.25) is 0 Å². The standard InChI is InChI=1S/C16H23NO3/c1-12(9-17-10-15(18)14-7-8-14)16(19)20-11-13-5-3-2-4-6-13/h2-6,12,14-15,17-18H,7-11H2,1H3. The number of esters is 1. The Morgan fingerprint density at radius 2 is 2.05 bits per heavy atom. The molecule has 20 heavy (non-hydrogen) atoms. The van der Waals surface area contributed by atoms with E-state index in [9.17, 15) is 9.90 Å². The maximum atomic E-state index is 11.8. The van der Waals surface area contributed by atoms with Crippen molar-refractivity contribution < 1.29 is 14.6 Å². The Hall–Kier alpha value is -1.39. The van der Waals surface area contributed by atoms with Crippen LogP contribution in [-0.2, 0) is 16.1 Å². The molecule has 0 saturated heterocycles. The van der Waals surface area contributed by atoms with Gasteiger partial charge in [-0.05, 0) is 24.3 Å². The zero-order valence-corrected chi connectivity index (χ0v) is 11.9. The molecule has 4 nitrogen and oxygen atoms in total. The summed E-state index contributed by atoms with van der Waals surface area (Å²) in [4.78, 5) is 11.8. The Morgan fingerprint density at radius 3 is 2.70 bits per heavy atom. The second-order valence-corrected chi connectivity index (χ2v) is 5.56.